The van der Waals surface area contributed by atoms with Crippen molar-refractivity contribution in [2.75, 3.05) is 22.8 Å². The van der Waals surface area contributed by atoms with Gasteiger partial charge < -0.3 is 14.9 Å². The first-order valence-corrected chi connectivity index (χ1v) is 7.39. The fraction of sp³-hybridized carbons (Fsp3) is 0.273. The minimum Gasteiger partial charge on any atom is -0.492 e. The predicted octanol–water partition coefficient (Wildman–Crippen LogP) is 0.781. The van der Waals surface area contributed by atoms with Crippen molar-refractivity contribution < 1.29 is 17.6 Å². The summed E-state index contributed by atoms with van der Waals surface area (Å²) in [5.74, 6) is 0.538. The molecular formula is C11H14N4O4S. The van der Waals surface area contributed by atoms with Gasteiger partial charge in [-0.15, -0.1) is 5.10 Å². The van der Waals surface area contributed by atoms with Crippen molar-refractivity contribution in [3.05, 3.63) is 30.2 Å². The van der Waals surface area contributed by atoms with Crippen LogP contribution in [0.3, 0.4) is 0 Å². The second-order valence-electron chi connectivity index (χ2n) is 3.97. The quantitative estimate of drug-likeness (QED) is 0.756. The van der Waals surface area contributed by atoms with Gasteiger partial charge >= 0.3 is 6.01 Å². The minimum atomic E-state index is -3.60. The largest absolute Gasteiger partial charge is 0.492 e. The Kier molecular flexibility index (Phi) is 4.08. The Balaban J connectivity index is 1.86. The van der Waals surface area contributed by atoms with Crippen LogP contribution in [0, 0.1) is 6.92 Å². The summed E-state index contributed by atoms with van der Waals surface area (Å²) in [7, 11) is -3.60. The highest BCUT2D eigenvalue weighted by Gasteiger charge is 2.14. The second kappa shape index (κ2) is 5.78. The van der Waals surface area contributed by atoms with E-state index in [0.29, 0.717) is 11.4 Å². The fourth-order valence-electron chi connectivity index (χ4n) is 1.40. The molecule has 0 aliphatic heterocycles. The fourth-order valence-corrected chi connectivity index (χ4v) is 2.15. The zero-order chi connectivity index (χ0) is 14.6. The third-order valence-electron chi connectivity index (χ3n) is 2.25. The second-order valence-corrected chi connectivity index (χ2v) is 5.81. The van der Waals surface area contributed by atoms with Gasteiger partial charge in [-0.2, -0.15) is 0 Å². The zero-order valence-corrected chi connectivity index (χ0v) is 11.6. The van der Waals surface area contributed by atoms with Crippen molar-refractivity contribution in [1.29, 1.82) is 0 Å². The number of benzene rings is 1. The maximum Gasteiger partial charge on any atom is 0.329 e. The third kappa shape index (κ3) is 4.12. The van der Waals surface area contributed by atoms with Crippen LogP contribution in [0.4, 0.5) is 11.7 Å². The molecule has 108 valence electrons. The number of hydrogen-bond donors (Lipinski definition) is 2. The minimum absolute atomic E-state index is 0.0219. The third-order valence-corrected chi connectivity index (χ3v) is 3.44. The first-order valence-electron chi connectivity index (χ1n) is 5.73. The van der Waals surface area contributed by atoms with Crippen LogP contribution < -0.4 is 15.2 Å². The van der Waals surface area contributed by atoms with Crippen molar-refractivity contribution >= 4 is 21.7 Å². The maximum absolute atomic E-state index is 11.7. The molecule has 0 unspecified atom stereocenters. The van der Waals surface area contributed by atoms with E-state index in [9.17, 15) is 8.42 Å². The Hall–Kier alpha value is -2.29. The standard InChI is InChI=1S/C11H14N4O4S/c1-8-13-14-11(19-8)15-20(16,17)6-5-18-10-4-2-3-9(12)7-10/h2-4,7H,5-6,12H2,1H3,(H,14,15). The van der Waals surface area contributed by atoms with Crippen molar-refractivity contribution in [3.63, 3.8) is 0 Å². The van der Waals surface area contributed by atoms with Crippen LogP contribution in [0.1, 0.15) is 5.89 Å². The van der Waals surface area contributed by atoms with E-state index < -0.39 is 10.0 Å². The SMILES string of the molecule is Cc1nnc(NS(=O)(=O)CCOc2cccc(N)c2)o1. The smallest absolute Gasteiger partial charge is 0.329 e. The number of nitrogens with zero attached hydrogens (tertiary/aromatic N) is 2. The van der Waals surface area contributed by atoms with E-state index in [1.165, 1.54) is 0 Å². The van der Waals surface area contributed by atoms with Crippen LogP contribution in [0.15, 0.2) is 28.7 Å². The Morgan fingerprint density at radius 2 is 2.20 bits per heavy atom. The Labute approximate surface area is 116 Å². The van der Waals surface area contributed by atoms with Gasteiger partial charge in [0, 0.05) is 18.7 Å². The molecule has 2 aromatic rings. The highest BCUT2D eigenvalue weighted by Crippen LogP contribution is 2.14. The van der Waals surface area contributed by atoms with Crippen molar-refractivity contribution in [2.45, 2.75) is 6.92 Å². The summed E-state index contributed by atoms with van der Waals surface area (Å²) in [6, 6.07) is 6.58. The topological polar surface area (TPSA) is 120 Å². The summed E-state index contributed by atoms with van der Waals surface area (Å²) in [6.45, 7) is 1.54. The molecule has 0 amide bonds. The highest BCUT2D eigenvalue weighted by molar-refractivity contribution is 7.92. The van der Waals surface area contributed by atoms with Gasteiger partial charge in [0.05, 0.1) is 0 Å². The molecule has 0 radical (unpaired) electrons. The van der Waals surface area contributed by atoms with Gasteiger partial charge in [0.25, 0.3) is 0 Å². The molecule has 0 fully saturated rings. The predicted molar refractivity (Wildman–Crippen MR) is 72.8 cm³/mol. The number of rotatable bonds is 6. The van der Waals surface area contributed by atoms with E-state index in [2.05, 4.69) is 14.9 Å². The molecule has 0 atom stereocenters. The number of ether oxygens (including phenoxy) is 1. The lowest BCUT2D eigenvalue weighted by molar-refractivity contribution is 0.341. The molecular weight excluding hydrogens is 284 g/mol. The summed E-state index contributed by atoms with van der Waals surface area (Å²) in [5, 5.41) is 7.06. The molecule has 20 heavy (non-hydrogen) atoms. The molecule has 1 aromatic heterocycles. The van der Waals surface area contributed by atoms with Crippen LogP contribution in [-0.2, 0) is 10.0 Å². The molecule has 0 bridgehead atoms. The zero-order valence-electron chi connectivity index (χ0n) is 10.7. The van der Waals surface area contributed by atoms with Crippen LogP contribution in [0.5, 0.6) is 5.75 Å². The Morgan fingerprint density at radius 1 is 1.40 bits per heavy atom. The van der Waals surface area contributed by atoms with Gasteiger partial charge in [-0.1, -0.05) is 11.2 Å². The summed E-state index contributed by atoms with van der Waals surface area (Å²) in [4.78, 5) is 0. The summed E-state index contributed by atoms with van der Waals surface area (Å²) in [6.07, 6.45) is 0. The van der Waals surface area contributed by atoms with E-state index >= 15 is 0 Å². The van der Waals surface area contributed by atoms with Crippen molar-refractivity contribution in [3.8, 4) is 5.75 Å². The molecule has 1 heterocycles. The van der Waals surface area contributed by atoms with Gasteiger partial charge in [0.2, 0.25) is 15.9 Å². The van der Waals surface area contributed by atoms with E-state index in [4.69, 9.17) is 14.9 Å². The molecule has 0 aliphatic carbocycles. The van der Waals surface area contributed by atoms with Crippen molar-refractivity contribution in [2.24, 2.45) is 0 Å². The van der Waals surface area contributed by atoms with Crippen LogP contribution in [-0.4, -0.2) is 31.0 Å². The molecule has 9 heteroatoms. The number of sulfonamides is 1. The molecule has 0 saturated carbocycles. The van der Waals surface area contributed by atoms with Gasteiger partial charge in [-0.3, -0.25) is 0 Å². The van der Waals surface area contributed by atoms with Gasteiger partial charge in [0.1, 0.15) is 18.1 Å². The van der Waals surface area contributed by atoms with Gasteiger partial charge in [0.15, 0.2) is 0 Å². The lowest BCUT2D eigenvalue weighted by Gasteiger charge is -2.07. The summed E-state index contributed by atoms with van der Waals surface area (Å²) < 4.78 is 35.8. The van der Waals surface area contributed by atoms with Crippen LogP contribution in [0.25, 0.3) is 0 Å². The number of aromatic nitrogens is 2. The first-order chi connectivity index (χ1) is 9.44. The number of hydrogen-bond acceptors (Lipinski definition) is 7. The Bertz CT molecular complexity index is 683. The first kappa shape index (κ1) is 14.1. The number of nitrogen functional groups attached to an aromatic ring is 1. The number of aryl methyl sites for hydroxylation is 1. The van der Waals surface area contributed by atoms with E-state index in [0.717, 1.165) is 0 Å². The number of anilines is 2. The molecule has 3 N–H and O–H groups in total. The van der Waals surface area contributed by atoms with E-state index in [-0.39, 0.29) is 24.3 Å². The van der Waals surface area contributed by atoms with Crippen LogP contribution >= 0.6 is 0 Å². The lowest BCUT2D eigenvalue weighted by atomic mass is 10.3. The molecule has 0 aliphatic rings. The maximum atomic E-state index is 11.7. The van der Waals surface area contributed by atoms with E-state index in [1.807, 2.05) is 0 Å². The molecule has 8 nitrogen and oxygen atoms in total. The van der Waals surface area contributed by atoms with Crippen LogP contribution in [0.2, 0.25) is 0 Å². The average molecular weight is 298 g/mol. The Morgan fingerprint density at radius 3 is 2.85 bits per heavy atom. The normalized spacial score (nSPS) is 11.2. The number of nitrogens with one attached hydrogen (secondary N) is 1. The lowest BCUT2D eigenvalue weighted by Crippen LogP contribution is -2.21. The summed E-state index contributed by atoms with van der Waals surface area (Å²) >= 11 is 0. The van der Waals surface area contributed by atoms with Gasteiger partial charge in [-0.05, 0) is 12.1 Å². The average Bonchev–Trinajstić information content (AvgIpc) is 2.73. The number of nitrogens with two attached hydrogens (primary N) is 1. The summed E-state index contributed by atoms with van der Waals surface area (Å²) in [5.41, 5.74) is 6.13. The highest BCUT2D eigenvalue weighted by atomic mass is 32.2. The molecule has 0 saturated heterocycles. The van der Waals surface area contributed by atoms with E-state index in [1.54, 1.807) is 31.2 Å². The molecule has 1 aromatic carbocycles. The van der Waals surface area contributed by atoms with Crippen molar-refractivity contribution in [1.82, 2.24) is 10.2 Å². The molecule has 2 rings (SSSR count). The monoisotopic (exact) mass is 298 g/mol. The molecule has 0 spiro atoms. The van der Waals surface area contributed by atoms with Gasteiger partial charge in [-0.25, -0.2) is 13.1 Å².